The Labute approximate surface area is 127 Å². The highest BCUT2D eigenvalue weighted by molar-refractivity contribution is 5.93. The molecule has 21 heavy (non-hydrogen) atoms. The van der Waals surface area contributed by atoms with Crippen LogP contribution >= 0.6 is 0 Å². The lowest BCUT2D eigenvalue weighted by Crippen LogP contribution is -2.06. The molecule has 1 fully saturated rings. The normalized spacial score (nSPS) is 23.5. The lowest BCUT2D eigenvalue weighted by molar-refractivity contribution is 0.132. The maximum atomic E-state index is 11.0. The van der Waals surface area contributed by atoms with E-state index in [0.717, 1.165) is 18.4 Å². The van der Waals surface area contributed by atoms with Crippen molar-refractivity contribution in [3.63, 3.8) is 0 Å². The standard InChI is InChI=1S/C20H24O/c1-19(2)18(20(19,3)4)17(21)15-11-10-13-9-8-12-6-5-7-14(15)16(12)13/h5-7,10-11,17-18,21H,8-9H2,1-4H3. The van der Waals surface area contributed by atoms with Gasteiger partial charge >= 0.3 is 0 Å². The Morgan fingerprint density at radius 3 is 2.19 bits per heavy atom. The first kappa shape index (κ1) is 13.3. The van der Waals surface area contributed by atoms with Crippen LogP contribution in [0.1, 0.15) is 50.5 Å². The molecule has 1 heteroatoms. The minimum atomic E-state index is -0.361. The Kier molecular flexibility index (Phi) is 2.47. The summed E-state index contributed by atoms with van der Waals surface area (Å²) in [5.41, 5.74) is 4.43. The topological polar surface area (TPSA) is 20.2 Å². The largest absolute Gasteiger partial charge is 0.388 e. The van der Waals surface area contributed by atoms with Crippen LogP contribution in [0.2, 0.25) is 0 Å². The van der Waals surface area contributed by atoms with E-state index < -0.39 is 0 Å². The molecule has 1 saturated carbocycles. The van der Waals surface area contributed by atoms with Crippen LogP contribution in [0.15, 0.2) is 30.3 Å². The van der Waals surface area contributed by atoms with Gasteiger partial charge in [0.1, 0.15) is 0 Å². The van der Waals surface area contributed by atoms with Crippen molar-refractivity contribution < 1.29 is 5.11 Å². The summed E-state index contributed by atoms with van der Waals surface area (Å²) in [6.07, 6.45) is 1.93. The first-order valence-electron chi connectivity index (χ1n) is 8.07. The van der Waals surface area contributed by atoms with Gasteiger partial charge in [-0.1, -0.05) is 58.0 Å². The summed E-state index contributed by atoms with van der Waals surface area (Å²) in [5, 5.41) is 13.7. The molecule has 0 aromatic heterocycles. The minimum absolute atomic E-state index is 0.204. The molecule has 0 saturated heterocycles. The second kappa shape index (κ2) is 3.89. The fourth-order valence-electron chi connectivity index (χ4n) is 4.74. The van der Waals surface area contributed by atoms with Crippen molar-refractivity contribution in [1.82, 2.24) is 0 Å². The van der Waals surface area contributed by atoms with E-state index in [-0.39, 0.29) is 16.9 Å². The molecule has 1 unspecified atom stereocenters. The highest BCUT2D eigenvalue weighted by Gasteiger charge is 2.67. The van der Waals surface area contributed by atoms with Crippen LogP contribution < -0.4 is 0 Å². The Bertz CT molecular complexity index is 715. The van der Waals surface area contributed by atoms with E-state index in [2.05, 4.69) is 58.0 Å². The Hall–Kier alpha value is -1.34. The summed E-state index contributed by atoms with van der Waals surface area (Å²) in [7, 11) is 0. The average Bonchev–Trinajstić information content (AvgIpc) is 2.76. The fraction of sp³-hybridized carbons (Fsp3) is 0.500. The average molecular weight is 280 g/mol. The molecule has 0 bridgehead atoms. The molecule has 2 aliphatic rings. The van der Waals surface area contributed by atoms with Crippen molar-refractivity contribution in [2.45, 2.75) is 46.6 Å². The summed E-state index contributed by atoms with van der Waals surface area (Å²) in [6.45, 7) is 9.11. The van der Waals surface area contributed by atoms with Gasteiger partial charge in [-0.3, -0.25) is 0 Å². The molecule has 0 spiro atoms. The second-order valence-corrected chi connectivity index (χ2v) is 8.02. The number of aliphatic hydroxyl groups is 1. The predicted molar refractivity (Wildman–Crippen MR) is 87.4 cm³/mol. The van der Waals surface area contributed by atoms with Crippen LogP contribution in [0.25, 0.3) is 10.8 Å². The van der Waals surface area contributed by atoms with Crippen molar-refractivity contribution >= 4 is 10.8 Å². The number of aliphatic hydroxyl groups excluding tert-OH is 1. The van der Waals surface area contributed by atoms with Crippen LogP contribution in [0.5, 0.6) is 0 Å². The van der Waals surface area contributed by atoms with Crippen molar-refractivity contribution in [2.75, 3.05) is 0 Å². The highest BCUT2D eigenvalue weighted by Crippen LogP contribution is 2.72. The summed E-state index contributed by atoms with van der Waals surface area (Å²) in [4.78, 5) is 0. The highest BCUT2D eigenvalue weighted by atomic mass is 16.3. The van der Waals surface area contributed by atoms with Crippen LogP contribution in [0.3, 0.4) is 0 Å². The van der Waals surface area contributed by atoms with E-state index in [0.29, 0.717) is 5.92 Å². The van der Waals surface area contributed by atoms with E-state index in [1.54, 1.807) is 0 Å². The lowest BCUT2D eigenvalue weighted by Gasteiger charge is -2.17. The number of aryl methyl sites for hydroxylation is 2. The second-order valence-electron chi connectivity index (χ2n) is 8.02. The molecule has 0 heterocycles. The van der Waals surface area contributed by atoms with Gasteiger partial charge in [-0.05, 0) is 51.1 Å². The molecule has 0 radical (unpaired) electrons. The molecule has 2 aliphatic carbocycles. The molecule has 2 aromatic rings. The summed E-state index contributed by atoms with van der Waals surface area (Å²) in [5.74, 6) is 0.337. The summed E-state index contributed by atoms with van der Waals surface area (Å²) < 4.78 is 0. The zero-order valence-electron chi connectivity index (χ0n) is 13.4. The Balaban J connectivity index is 1.86. The van der Waals surface area contributed by atoms with Gasteiger partial charge in [-0.25, -0.2) is 0 Å². The van der Waals surface area contributed by atoms with Gasteiger partial charge in [-0.15, -0.1) is 0 Å². The maximum absolute atomic E-state index is 11.0. The van der Waals surface area contributed by atoms with Crippen LogP contribution in [-0.2, 0) is 12.8 Å². The van der Waals surface area contributed by atoms with Crippen molar-refractivity contribution in [3.05, 3.63) is 47.0 Å². The maximum Gasteiger partial charge on any atom is 0.0834 e. The molecule has 110 valence electrons. The first-order chi connectivity index (χ1) is 9.85. The monoisotopic (exact) mass is 280 g/mol. The van der Waals surface area contributed by atoms with Crippen molar-refractivity contribution in [2.24, 2.45) is 16.7 Å². The SMILES string of the molecule is CC1(C)C(C(O)c2ccc3c4c(cccc24)CC3)C1(C)C. The molecular formula is C20H24O. The van der Waals surface area contributed by atoms with Gasteiger partial charge in [0.05, 0.1) is 6.10 Å². The number of hydrogen-bond acceptors (Lipinski definition) is 1. The molecule has 0 amide bonds. The summed E-state index contributed by atoms with van der Waals surface area (Å²) >= 11 is 0. The zero-order chi connectivity index (χ0) is 15.0. The lowest BCUT2D eigenvalue weighted by atomic mass is 9.92. The molecule has 2 aromatic carbocycles. The molecule has 4 rings (SSSR count). The molecular weight excluding hydrogens is 256 g/mol. The van der Waals surface area contributed by atoms with Gasteiger partial charge < -0.3 is 5.11 Å². The quantitative estimate of drug-likeness (QED) is 0.848. The van der Waals surface area contributed by atoms with Gasteiger partial charge in [0, 0.05) is 5.92 Å². The van der Waals surface area contributed by atoms with Crippen LogP contribution in [0.4, 0.5) is 0 Å². The molecule has 1 N–H and O–H groups in total. The van der Waals surface area contributed by atoms with Crippen molar-refractivity contribution in [3.8, 4) is 0 Å². The minimum Gasteiger partial charge on any atom is -0.388 e. The third kappa shape index (κ3) is 1.56. The zero-order valence-corrected chi connectivity index (χ0v) is 13.4. The van der Waals surface area contributed by atoms with E-state index in [1.807, 2.05) is 0 Å². The van der Waals surface area contributed by atoms with Gasteiger partial charge in [0.2, 0.25) is 0 Å². The smallest absolute Gasteiger partial charge is 0.0834 e. The number of benzene rings is 2. The van der Waals surface area contributed by atoms with E-state index in [9.17, 15) is 5.11 Å². The first-order valence-corrected chi connectivity index (χ1v) is 8.07. The molecule has 1 atom stereocenters. The number of hydrogen-bond donors (Lipinski definition) is 1. The molecule has 1 nitrogen and oxygen atoms in total. The fourth-order valence-corrected chi connectivity index (χ4v) is 4.74. The van der Waals surface area contributed by atoms with Crippen LogP contribution in [-0.4, -0.2) is 5.11 Å². The Morgan fingerprint density at radius 2 is 1.57 bits per heavy atom. The van der Waals surface area contributed by atoms with Gasteiger partial charge in [0.15, 0.2) is 0 Å². The third-order valence-corrected chi connectivity index (χ3v) is 6.68. The molecule has 0 aliphatic heterocycles. The van der Waals surface area contributed by atoms with E-state index in [1.165, 1.54) is 21.9 Å². The summed E-state index contributed by atoms with van der Waals surface area (Å²) in [6, 6.07) is 11.0. The van der Waals surface area contributed by atoms with E-state index in [4.69, 9.17) is 0 Å². The third-order valence-electron chi connectivity index (χ3n) is 6.68. The van der Waals surface area contributed by atoms with Crippen molar-refractivity contribution in [1.29, 1.82) is 0 Å². The van der Waals surface area contributed by atoms with E-state index >= 15 is 0 Å². The van der Waals surface area contributed by atoms with Crippen LogP contribution in [0, 0.1) is 16.7 Å². The Morgan fingerprint density at radius 1 is 0.952 bits per heavy atom. The van der Waals surface area contributed by atoms with Gasteiger partial charge in [0.25, 0.3) is 0 Å². The number of rotatable bonds is 2. The van der Waals surface area contributed by atoms with Gasteiger partial charge in [-0.2, -0.15) is 0 Å². The predicted octanol–water partition coefficient (Wildman–Crippen LogP) is 4.65.